The third-order valence-electron chi connectivity index (χ3n) is 3.47. The van der Waals surface area contributed by atoms with Crippen LogP contribution in [-0.4, -0.2) is 16.5 Å². The van der Waals surface area contributed by atoms with Crippen molar-refractivity contribution in [3.8, 4) is 0 Å². The van der Waals surface area contributed by atoms with Gasteiger partial charge in [-0.25, -0.2) is 4.98 Å². The van der Waals surface area contributed by atoms with Crippen LogP contribution in [0.2, 0.25) is 5.02 Å². The molecule has 88 valence electrons. The molecule has 1 aliphatic heterocycles. The van der Waals surface area contributed by atoms with Crippen LogP contribution in [0.25, 0.3) is 0 Å². The van der Waals surface area contributed by atoms with Gasteiger partial charge in [-0.1, -0.05) is 23.7 Å². The normalized spacial score (nSPS) is 23.4. The van der Waals surface area contributed by atoms with Crippen molar-refractivity contribution >= 4 is 11.6 Å². The molecule has 3 rings (SSSR count). The van der Waals surface area contributed by atoms with E-state index in [0.717, 1.165) is 23.7 Å². The van der Waals surface area contributed by atoms with Gasteiger partial charge in [-0.15, -0.1) is 0 Å². The summed E-state index contributed by atoms with van der Waals surface area (Å²) >= 11 is 5.93. The highest BCUT2D eigenvalue weighted by Crippen LogP contribution is 2.32. The molecule has 17 heavy (non-hydrogen) atoms. The Hall–Kier alpha value is -1.32. The Balaban J connectivity index is 2.11. The predicted octanol–water partition coefficient (Wildman–Crippen LogP) is 2.47. The largest absolute Gasteiger partial charge is 0.348 e. The molecular weight excluding hydrogens is 234 g/mol. The van der Waals surface area contributed by atoms with Gasteiger partial charge in [0.1, 0.15) is 0 Å². The van der Waals surface area contributed by atoms with E-state index in [1.165, 1.54) is 11.3 Å². The zero-order chi connectivity index (χ0) is 11.9. The smallest absolute Gasteiger partial charge is 0.0926 e. The summed E-state index contributed by atoms with van der Waals surface area (Å²) in [4.78, 5) is 7.67. The van der Waals surface area contributed by atoms with Gasteiger partial charge in [0, 0.05) is 23.7 Å². The number of nitrogens with one attached hydrogen (secondary N) is 2. The summed E-state index contributed by atoms with van der Waals surface area (Å²) in [5, 5.41) is 4.31. The molecule has 2 heterocycles. The number of aromatic nitrogens is 2. The Morgan fingerprint density at radius 3 is 2.82 bits per heavy atom. The fourth-order valence-corrected chi connectivity index (χ4v) is 2.61. The Morgan fingerprint density at radius 2 is 2.06 bits per heavy atom. The molecule has 0 saturated carbocycles. The Morgan fingerprint density at radius 1 is 1.29 bits per heavy atom. The summed E-state index contributed by atoms with van der Waals surface area (Å²) < 4.78 is 0. The van der Waals surface area contributed by atoms with Crippen molar-refractivity contribution in [3.63, 3.8) is 0 Å². The van der Waals surface area contributed by atoms with Gasteiger partial charge in [0.05, 0.1) is 17.6 Å². The van der Waals surface area contributed by atoms with E-state index in [2.05, 4.69) is 34.3 Å². The lowest BCUT2D eigenvalue weighted by Crippen LogP contribution is -2.46. The van der Waals surface area contributed by atoms with E-state index in [-0.39, 0.29) is 5.54 Å². The first-order valence-corrected chi connectivity index (χ1v) is 6.12. The van der Waals surface area contributed by atoms with Gasteiger partial charge in [0.15, 0.2) is 0 Å². The van der Waals surface area contributed by atoms with Crippen molar-refractivity contribution in [2.24, 2.45) is 0 Å². The van der Waals surface area contributed by atoms with Gasteiger partial charge in [0.25, 0.3) is 0 Å². The molecule has 1 aliphatic rings. The molecule has 4 heteroatoms. The molecule has 2 aromatic rings. The van der Waals surface area contributed by atoms with Crippen molar-refractivity contribution < 1.29 is 0 Å². The van der Waals surface area contributed by atoms with Gasteiger partial charge >= 0.3 is 0 Å². The van der Waals surface area contributed by atoms with Crippen molar-refractivity contribution in [1.29, 1.82) is 0 Å². The number of hydrogen-bond donors (Lipinski definition) is 2. The minimum Gasteiger partial charge on any atom is -0.348 e. The maximum absolute atomic E-state index is 5.93. The number of aromatic amines is 1. The summed E-state index contributed by atoms with van der Waals surface area (Å²) in [6.07, 6.45) is 2.77. The van der Waals surface area contributed by atoms with Crippen LogP contribution in [-0.2, 0) is 12.0 Å². The number of benzene rings is 1. The van der Waals surface area contributed by atoms with Crippen LogP contribution in [0.1, 0.15) is 23.9 Å². The van der Waals surface area contributed by atoms with Crippen molar-refractivity contribution in [3.05, 3.63) is 52.6 Å². The lowest BCUT2D eigenvalue weighted by molar-refractivity contribution is 0.403. The zero-order valence-corrected chi connectivity index (χ0v) is 10.4. The molecule has 0 fully saturated rings. The van der Waals surface area contributed by atoms with E-state index in [1.807, 2.05) is 12.1 Å². The van der Waals surface area contributed by atoms with E-state index in [0.29, 0.717) is 0 Å². The molecule has 0 saturated heterocycles. The van der Waals surface area contributed by atoms with Crippen LogP contribution in [0.5, 0.6) is 0 Å². The molecule has 1 aromatic heterocycles. The van der Waals surface area contributed by atoms with Crippen LogP contribution < -0.4 is 5.32 Å². The van der Waals surface area contributed by atoms with Crippen LogP contribution in [0.3, 0.4) is 0 Å². The summed E-state index contributed by atoms with van der Waals surface area (Å²) in [6.45, 7) is 3.11. The molecule has 3 nitrogen and oxygen atoms in total. The van der Waals surface area contributed by atoms with E-state index in [4.69, 9.17) is 11.6 Å². The SMILES string of the molecule is CC1(c2ccc(Cl)cc2)NCCc2[nH]cnc21. The molecule has 0 bridgehead atoms. The Kier molecular flexibility index (Phi) is 2.45. The summed E-state index contributed by atoms with van der Waals surface area (Å²) in [7, 11) is 0. The quantitative estimate of drug-likeness (QED) is 0.813. The third-order valence-corrected chi connectivity index (χ3v) is 3.72. The Labute approximate surface area is 105 Å². The van der Waals surface area contributed by atoms with Crippen molar-refractivity contribution in [2.45, 2.75) is 18.9 Å². The average molecular weight is 248 g/mol. The first-order chi connectivity index (χ1) is 8.20. The number of nitrogens with zero attached hydrogens (tertiary/aromatic N) is 1. The van der Waals surface area contributed by atoms with Gasteiger partial charge in [-0.05, 0) is 24.6 Å². The molecule has 2 N–H and O–H groups in total. The van der Waals surface area contributed by atoms with Gasteiger partial charge in [0.2, 0.25) is 0 Å². The van der Waals surface area contributed by atoms with Crippen LogP contribution in [0.4, 0.5) is 0 Å². The average Bonchev–Trinajstić information content (AvgIpc) is 2.80. The number of imidazole rings is 1. The molecule has 0 aliphatic carbocycles. The molecule has 0 radical (unpaired) electrons. The predicted molar refractivity (Wildman–Crippen MR) is 68.2 cm³/mol. The topological polar surface area (TPSA) is 40.7 Å². The van der Waals surface area contributed by atoms with Crippen LogP contribution in [0, 0.1) is 0 Å². The highest BCUT2D eigenvalue weighted by molar-refractivity contribution is 6.30. The second-order valence-corrected chi connectivity index (χ2v) is 4.97. The van der Waals surface area contributed by atoms with Crippen molar-refractivity contribution in [2.75, 3.05) is 6.54 Å². The Bertz CT molecular complexity index is 532. The van der Waals surface area contributed by atoms with Gasteiger partial charge < -0.3 is 10.3 Å². The lowest BCUT2D eigenvalue weighted by Gasteiger charge is -2.34. The van der Waals surface area contributed by atoms with Crippen molar-refractivity contribution in [1.82, 2.24) is 15.3 Å². The fraction of sp³-hybridized carbons (Fsp3) is 0.308. The second-order valence-electron chi connectivity index (χ2n) is 4.54. The monoisotopic (exact) mass is 247 g/mol. The van der Waals surface area contributed by atoms with E-state index < -0.39 is 0 Å². The molecule has 0 amide bonds. The number of rotatable bonds is 1. The first-order valence-electron chi connectivity index (χ1n) is 5.74. The highest BCUT2D eigenvalue weighted by atomic mass is 35.5. The fourth-order valence-electron chi connectivity index (χ4n) is 2.49. The summed E-state index contributed by atoms with van der Waals surface area (Å²) in [5.74, 6) is 0. The second kappa shape index (κ2) is 3.86. The lowest BCUT2D eigenvalue weighted by atomic mass is 9.84. The van der Waals surface area contributed by atoms with E-state index in [1.54, 1.807) is 6.33 Å². The maximum Gasteiger partial charge on any atom is 0.0926 e. The van der Waals surface area contributed by atoms with Crippen LogP contribution >= 0.6 is 11.6 Å². The highest BCUT2D eigenvalue weighted by Gasteiger charge is 2.35. The van der Waals surface area contributed by atoms with Gasteiger partial charge in [-0.3, -0.25) is 0 Å². The minimum absolute atomic E-state index is 0.224. The minimum atomic E-state index is -0.224. The number of fused-ring (bicyclic) bond motifs is 1. The number of H-pyrrole nitrogens is 1. The molecule has 0 spiro atoms. The van der Waals surface area contributed by atoms with E-state index in [9.17, 15) is 0 Å². The zero-order valence-electron chi connectivity index (χ0n) is 9.63. The standard InChI is InChI=1S/C13H14ClN3/c1-13(9-2-4-10(14)5-3-9)12-11(6-7-17-13)15-8-16-12/h2-5,8,17H,6-7H2,1H3,(H,15,16). The summed E-state index contributed by atoms with van der Waals surface area (Å²) in [5.41, 5.74) is 3.28. The maximum atomic E-state index is 5.93. The molecule has 1 aromatic carbocycles. The first kappa shape index (κ1) is 10.8. The molecule has 1 atom stereocenters. The van der Waals surface area contributed by atoms with E-state index >= 15 is 0 Å². The van der Waals surface area contributed by atoms with Crippen LogP contribution in [0.15, 0.2) is 30.6 Å². The molecular formula is C13H14ClN3. The number of halogens is 1. The summed E-state index contributed by atoms with van der Waals surface area (Å²) in [6, 6.07) is 7.95. The van der Waals surface area contributed by atoms with Gasteiger partial charge in [-0.2, -0.15) is 0 Å². The number of hydrogen-bond acceptors (Lipinski definition) is 2. The third kappa shape index (κ3) is 1.66. The molecule has 1 unspecified atom stereocenters.